The molecule has 4 rings (SSSR count). The Morgan fingerprint density at radius 1 is 0.793 bits per heavy atom. The van der Waals surface area contributed by atoms with E-state index in [0.29, 0.717) is 0 Å². The van der Waals surface area contributed by atoms with Crippen LogP contribution >= 0.6 is 0 Å². The second-order valence-corrected chi connectivity index (χ2v) is 7.16. The molecule has 29 heavy (non-hydrogen) atoms. The number of nitrogens with one attached hydrogen (secondary N) is 2. The van der Waals surface area contributed by atoms with E-state index in [9.17, 15) is 4.79 Å². The van der Waals surface area contributed by atoms with Gasteiger partial charge in [-0.05, 0) is 59.2 Å². The largest absolute Gasteiger partial charge is 0.374 e. The van der Waals surface area contributed by atoms with Crippen LogP contribution in [0.5, 0.6) is 0 Å². The molecule has 0 aromatic heterocycles. The summed E-state index contributed by atoms with van der Waals surface area (Å²) in [6.07, 6.45) is 0. The van der Waals surface area contributed by atoms with E-state index >= 15 is 0 Å². The smallest absolute Gasteiger partial charge is 0.262 e. The number of carbonyl (C=O) groups excluding carboxylic acids is 1. The minimum atomic E-state index is -0.413. The lowest BCUT2D eigenvalue weighted by Gasteiger charge is -2.14. The van der Waals surface area contributed by atoms with Crippen molar-refractivity contribution in [2.75, 3.05) is 5.32 Å². The van der Waals surface area contributed by atoms with Gasteiger partial charge in [0.05, 0.1) is 5.71 Å². The van der Waals surface area contributed by atoms with Crippen molar-refractivity contribution < 1.29 is 4.79 Å². The molecule has 4 heteroatoms. The number of anilines is 1. The minimum Gasteiger partial charge on any atom is -0.374 e. The van der Waals surface area contributed by atoms with Crippen molar-refractivity contribution in [2.45, 2.75) is 19.9 Å². The Balaban J connectivity index is 1.42. The van der Waals surface area contributed by atoms with Crippen molar-refractivity contribution in [3.63, 3.8) is 0 Å². The molecule has 0 heterocycles. The number of nitrogens with zero attached hydrogens (tertiary/aromatic N) is 1. The first-order chi connectivity index (χ1) is 14.1. The molecule has 4 nitrogen and oxygen atoms in total. The average Bonchev–Trinajstić information content (AvgIpc) is 2.76. The van der Waals surface area contributed by atoms with Crippen LogP contribution in [0.2, 0.25) is 0 Å². The zero-order valence-electron chi connectivity index (χ0n) is 16.5. The highest BCUT2D eigenvalue weighted by Gasteiger charge is 2.12. The van der Waals surface area contributed by atoms with Crippen molar-refractivity contribution in [3.05, 3.63) is 90.5 Å². The molecule has 4 aromatic carbocycles. The molecular weight excluding hydrogens is 358 g/mol. The summed E-state index contributed by atoms with van der Waals surface area (Å²) in [5, 5.41) is 12.2. The number of rotatable bonds is 5. The quantitative estimate of drug-likeness (QED) is 0.362. The molecule has 4 aromatic rings. The number of hydrogen-bond donors (Lipinski definition) is 2. The van der Waals surface area contributed by atoms with Gasteiger partial charge < -0.3 is 5.32 Å². The maximum Gasteiger partial charge on any atom is 0.262 e. The molecule has 0 fully saturated rings. The molecule has 0 aliphatic rings. The van der Waals surface area contributed by atoms with Gasteiger partial charge in [0.15, 0.2) is 0 Å². The van der Waals surface area contributed by atoms with E-state index < -0.39 is 6.04 Å². The van der Waals surface area contributed by atoms with Crippen molar-refractivity contribution in [2.24, 2.45) is 5.10 Å². The topological polar surface area (TPSA) is 53.5 Å². The van der Waals surface area contributed by atoms with Crippen LogP contribution in [0.4, 0.5) is 5.69 Å². The van der Waals surface area contributed by atoms with Gasteiger partial charge in [-0.3, -0.25) is 4.79 Å². The fourth-order valence-corrected chi connectivity index (χ4v) is 3.31. The van der Waals surface area contributed by atoms with E-state index in [1.54, 1.807) is 0 Å². The summed E-state index contributed by atoms with van der Waals surface area (Å²) in [5.41, 5.74) is 5.33. The van der Waals surface area contributed by atoms with Crippen LogP contribution in [0.1, 0.15) is 19.4 Å². The van der Waals surface area contributed by atoms with Crippen LogP contribution in [-0.4, -0.2) is 17.7 Å². The summed E-state index contributed by atoms with van der Waals surface area (Å²) in [7, 11) is 0. The first-order valence-electron chi connectivity index (χ1n) is 9.69. The van der Waals surface area contributed by atoms with E-state index in [0.717, 1.165) is 27.7 Å². The molecule has 0 spiro atoms. The number of carbonyl (C=O) groups is 1. The summed E-state index contributed by atoms with van der Waals surface area (Å²) in [5.74, 6) is -0.182. The van der Waals surface area contributed by atoms with Gasteiger partial charge in [-0.1, -0.05) is 66.7 Å². The molecule has 0 radical (unpaired) electrons. The first-order valence-corrected chi connectivity index (χ1v) is 9.69. The van der Waals surface area contributed by atoms with E-state index in [2.05, 4.69) is 52.2 Å². The highest BCUT2D eigenvalue weighted by molar-refractivity contribution is 6.02. The average molecular weight is 381 g/mol. The number of fused-ring (bicyclic) bond motifs is 2. The predicted molar refractivity (Wildman–Crippen MR) is 121 cm³/mol. The third-order valence-electron chi connectivity index (χ3n) is 5.03. The Kier molecular flexibility index (Phi) is 5.25. The van der Waals surface area contributed by atoms with E-state index in [1.807, 2.05) is 62.4 Å². The molecule has 0 saturated heterocycles. The van der Waals surface area contributed by atoms with Gasteiger partial charge in [-0.15, -0.1) is 0 Å². The second-order valence-electron chi connectivity index (χ2n) is 7.16. The highest BCUT2D eigenvalue weighted by Crippen LogP contribution is 2.19. The fourth-order valence-electron chi connectivity index (χ4n) is 3.31. The SMILES string of the molecule is C/C(=N/NC(=O)C(C)Nc1ccc2ccccc2c1)c1ccc2ccccc2c1. The van der Waals surface area contributed by atoms with Gasteiger partial charge >= 0.3 is 0 Å². The Morgan fingerprint density at radius 3 is 2.07 bits per heavy atom. The van der Waals surface area contributed by atoms with Gasteiger partial charge in [0.1, 0.15) is 6.04 Å². The number of hydrogen-bond acceptors (Lipinski definition) is 3. The maximum absolute atomic E-state index is 12.5. The van der Waals surface area contributed by atoms with Gasteiger partial charge in [-0.2, -0.15) is 5.10 Å². The fraction of sp³-hybridized carbons (Fsp3) is 0.120. The summed E-state index contributed by atoms with van der Waals surface area (Å²) in [6, 6.07) is 28.2. The molecule has 0 bridgehead atoms. The minimum absolute atomic E-state index is 0.182. The molecule has 0 aliphatic heterocycles. The van der Waals surface area contributed by atoms with Crippen LogP contribution in [0.3, 0.4) is 0 Å². The van der Waals surface area contributed by atoms with Gasteiger partial charge in [-0.25, -0.2) is 5.43 Å². The van der Waals surface area contributed by atoms with Crippen LogP contribution in [0.15, 0.2) is 90.0 Å². The van der Waals surface area contributed by atoms with E-state index in [-0.39, 0.29) is 5.91 Å². The van der Waals surface area contributed by atoms with Gasteiger partial charge in [0.25, 0.3) is 5.91 Å². The lowest BCUT2D eigenvalue weighted by atomic mass is 10.0. The van der Waals surface area contributed by atoms with Crippen LogP contribution in [-0.2, 0) is 4.79 Å². The second kappa shape index (κ2) is 8.15. The number of hydrazone groups is 1. The van der Waals surface area contributed by atoms with Crippen LogP contribution in [0, 0.1) is 0 Å². The maximum atomic E-state index is 12.5. The molecule has 2 N–H and O–H groups in total. The molecule has 1 unspecified atom stereocenters. The monoisotopic (exact) mass is 381 g/mol. The Hall–Kier alpha value is -3.66. The molecule has 1 atom stereocenters. The molecule has 0 saturated carbocycles. The van der Waals surface area contributed by atoms with Gasteiger partial charge in [0.2, 0.25) is 0 Å². The Labute approximate surface area is 170 Å². The first kappa shape index (κ1) is 18.7. The van der Waals surface area contributed by atoms with Crippen molar-refractivity contribution >= 4 is 38.9 Å². The third kappa shape index (κ3) is 4.27. The standard InChI is InChI=1S/C25H23N3O/c1-17(21-12-11-19-7-3-5-9-22(19)15-21)27-28-25(29)18(2)26-24-14-13-20-8-4-6-10-23(20)16-24/h3-16,18,26H,1-2H3,(H,28,29)/b27-17-. The zero-order valence-corrected chi connectivity index (χ0v) is 16.5. The molecule has 0 aliphatic carbocycles. The van der Waals surface area contributed by atoms with Crippen LogP contribution < -0.4 is 10.7 Å². The van der Waals surface area contributed by atoms with Crippen molar-refractivity contribution in [3.8, 4) is 0 Å². The van der Waals surface area contributed by atoms with Gasteiger partial charge in [0, 0.05) is 5.69 Å². The molecule has 1 amide bonds. The lowest BCUT2D eigenvalue weighted by Crippen LogP contribution is -2.35. The molecular formula is C25H23N3O. The summed E-state index contributed by atoms with van der Waals surface area (Å²) in [4.78, 5) is 12.5. The third-order valence-corrected chi connectivity index (χ3v) is 5.03. The van der Waals surface area contributed by atoms with E-state index in [1.165, 1.54) is 10.8 Å². The summed E-state index contributed by atoms with van der Waals surface area (Å²) < 4.78 is 0. The number of benzene rings is 4. The predicted octanol–water partition coefficient (Wildman–Crippen LogP) is 5.33. The Morgan fingerprint density at radius 2 is 1.38 bits per heavy atom. The Bertz CT molecular complexity index is 1210. The van der Waals surface area contributed by atoms with Crippen LogP contribution in [0.25, 0.3) is 21.5 Å². The zero-order chi connectivity index (χ0) is 20.2. The molecule has 144 valence electrons. The normalized spacial score (nSPS) is 12.7. The van der Waals surface area contributed by atoms with E-state index in [4.69, 9.17) is 0 Å². The summed E-state index contributed by atoms with van der Waals surface area (Å²) in [6.45, 7) is 3.72. The highest BCUT2D eigenvalue weighted by atomic mass is 16.2. The lowest BCUT2D eigenvalue weighted by molar-refractivity contribution is -0.121. The summed E-state index contributed by atoms with van der Waals surface area (Å²) >= 11 is 0. The number of amides is 1. The van der Waals surface area contributed by atoms with Crippen molar-refractivity contribution in [1.29, 1.82) is 0 Å². The van der Waals surface area contributed by atoms with Crippen molar-refractivity contribution in [1.82, 2.24) is 5.43 Å².